The number of hydrogen-bond donors (Lipinski definition) is 1. The maximum Gasteiger partial charge on any atom is 0.168 e. The van der Waals surface area contributed by atoms with Crippen LogP contribution in [-0.2, 0) is 9.47 Å². The second kappa shape index (κ2) is 3.52. The Morgan fingerprint density at radius 2 is 1.91 bits per heavy atom. The van der Waals surface area contributed by atoms with Crippen molar-refractivity contribution in [2.45, 2.75) is 18.6 Å². The molecule has 0 radical (unpaired) electrons. The molecule has 0 saturated heterocycles. The van der Waals surface area contributed by atoms with Gasteiger partial charge in [0.25, 0.3) is 0 Å². The summed E-state index contributed by atoms with van der Waals surface area (Å²) in [5.74, 6) is 0.460. The zero-order valence-electron chi connectivity index (χ0n) is 7.52. The van der Waals surface area contributed by atoms with E-state index < -0.39 is 0 Å². The van der Waals surface area contributed by atoms with Crippen LogP contribution in [0.3, 0.4) is 0 Å². The maximum absolute atomic E-state index is 5.25. The molecule has 66 valence electrons. The molecule has 0 amide bonds. The summed E-state index contributed by atoms with van der Waals surface area (Å²) < 4.78 is 10.5. The second-order valence-electron chi connectivity index (χ2n) is 3.15. The molecule has 3 heteroatoms. The first kappa shape index (κ1) is 8.97. The molecular weight excluding hydrogens is 142 g/mol. The third kappa shape index (κ3) is 1.72. The van der Waals surface area contributed by atoms with Crippen LogP contribution in [0.15, 0.2) is 0 Å². The number of methoxy groups -OCH3 is 2. The fraction of sp³-hybridized carbons (Fsp3) is 1.00. The van der Waals surface area contributed by atoms with Gasteiger partial charge >= 0.3 is 0 Å². The Bertz CT molecular complexity index is 115. The lowest BCUT2D eigenvalue weighted by Crippen LogP contribution is -2.49. The summed E-state index contributed by atoms with van der Waals surface area (Å²) in [7, 11) is 5.39. The number of ether oxygens (including phenoxy) is 2. The first-order valence-electron chi connectivity index (χ1n) is 4.01. The number of hydrogen-bond acceptors (Lipinski definition) is 3. The van der Waals surface area contributed by atoms with Gasteiger partial charge in [-0.15, -0.1) is 0 Å². The summed E-state index contributed by atoms with van der Waals surface area (Å²) in [5, 5.41) is 3.14. The van der Waals surface area contributed by atoms with Crippen LogP contribution < -0.4 is 5.32 Å². The molecule has 3 nitrogen and oxygen atoms in total. The summed E-state index contributed by atoms with van der Waals surface area (Å²) in [6, 6.07) is 0. The first-order valence-corrected chi connectivity index (χ1v) is 4.01. The molecule has 1 saturated carbocycles. The standard InChI is InChI=1S/C8H17NO2/c1-9-6-7-4-8(5-7,10-2)11-3/h7,9H,4-6H2,1-3H3. The second-order valence-corrected chi connectivity index (χ2v) is 3.15. The van der Waals surface area contributed by atoms with Crippen LogP contribution in [-0.4, -0.2) is 33.6 Å². The van der Waals surface area contributed by atoms with E-state index in [9.17, 15) is 0 Å². The van der Waals surface area contributed by atoms with Gasteiger partial charge in [0.2, 0.25) is 0 Å². The van der Waals surface area contributed by atoms with Gasteiger partial charge in [-0.25, -0.2) is 0 Å². The van der Waals surface area contributed by atoms with Gasteiger partial charge in [0.05, 0.1) is 0 Å². The molecule has 1 N–H and O–H groups in total. The normalized spacial score (nSPS) is 23.2. The van der Waals surface area contributed by atoms with Crippen LogP contribution in [0.1, 0.15) is 12.8 Å². The third-order valence-corrected chi connectivity index (χ3v) is 2.44. The van der Waals surface area contributed by atoms with Crippen LogP contribution in [0.4, 0.5) is 0 Å². The van der Waals surface area contributed by atoms with Crippen molar-refractivity contribution in [3.8, 4) is 0 Å². The predicted octanol–water partition coefficient (Wildman–Crippen LogP) is 0.605. The SMILES string of the molecule is CNCC1CC(OC)(OC)C1. The molecule has 1 aliphatic carbocycles. The molecule has 0 aromatic heterocycles. The third-order valence-electron chi connectivity index (χ3n) is 2.44. The Balaban J connectivity index is 2.24. The van der Waals surface area contributed by atoms with Gasteiger partial charge in [-0.1, -0.05) is 0 Å². The molecule has 11 heavy (non-hydrogen) atoms. The molecule has 0 atom stereocenters. The highest BCUT2D eigenvalue weighted by Gasteiger charge is 2.44. The topological polar surface area (TPSA) is 30.5 Å². The molecule has 1 fully saturated rings. The van der Waals surface area contributed by atoms with Gasteiger partial charge in [0, 0.05) is 27.1 Å². The Kier molecular flexibility index (Phi) is 2.87. The molecule has 0 unspecified atom stereocenters. The minimum absolute atomic E-state index is 0.262. The zero-order valence-corrected chi connectivity index (χ0v) is 7.52. The molecule has 0 aliphatic heterocycles. The van der Waals surface area contributed by atoms with E-state index in [0.29, 0.717) is 0 Å². The highest BCUT2D eigenvalue weighted by molar-refractivity contribution is 4.88. The van der Waals surface area contributed by atoms with E-state index in [1.807, 2.05) is 7.05 Å². The highest BCUT2D eigenvalue weighted by Crippen LogP contribution is 2.40. The highest BCUT2D eigenvalue weighted by atomic mass is 16.7. The number of nitrogens with one attached hydrogen (secondary N) is 1. The molecule has 0 aromatic rings. The van der Waals surface area contributed by atoms with Crippen LogP contribution in [0.5, 0.6) is 0 Å². The van der Waals surface area contributed by atoms with E-state index in [-0.39, 0.29) is 5.79 Å². The van der Waals surface area contributed by atoms with Crippen molar-refractivity contribution in [1.29, 1.82) is 0 Å². The lowest BCUT2D eigenvalue weighted by molar-refractivity contribution is -0.269. The van der Waals surface area contributed by atoms with Crippen molar-refractivity contribution in [2.24, 2.45) is 5.92 Å². The summed E-state index contributed by atoms with van der Waals surface area (Å²) in [4.78, 5) is 0. The van der Waals surface area contributed by atoms with Crippen molar-refractivity contribution in [3.63, 3.8) is 0 Å². The van der Waals surface area contributed by atoms with E-state index >= 15 is 0 Å². The molecule has 0 spiro atoms. The average Bonchev–Trinajstić information content (AvgIpc) is 1.96. The Hall–Kier alpha value is -0.120. The fourth-order valence-electron chi connectivity index (χ4n) is 1.67. The van der Waals surface area contributed by atoms with Crippen molar-refractivity contribution in [3.05, 3.63) is 0 Å². The lowest BCUT2D eigenvalue weighted by atomic mass is 9.78. The van der Waals surface area contributed by atoms with Gasteiger partial charge < -0.3 is 14.8 Å². The Morgan fingerprint density at radius 1 is 1.36 bits per heavy atom. The monoisotopic (exact) mass is 159 g/mol. The van der Waals surface area contributed by atoms with E-state index in [2.05, 4.69) is 5.32 Å². The molecular formula is C8H17NO2. The fourth-order valence-corrected chi connectivity index (χ4v) is 1.67. The van der Waals surface area contributed by atoms with Gasteiger partial charge in [0.1, 0.15) is 0 Å². The summed E-state index contributed by atoms with van der Waals surface area (Å²) in [5.41, 5.74) is 0. The minimum Gasteiger partial charge on any atom is -0.353 e. The van der Waals surface area contributed by atoms with E-state index in [0.717, 1.165) is 25.3 Å². The predicted molar refractivity (Wildman–Crippen MR) is 43.4 cm³/mol. The number of rotatable bonds is 4. The minimum atomic E-state index is -0.262. The molecule has 0 aromatic carbocycles. The largest absolute Gasteiger partial charge is 0.353 e. The lowest BCUT2D eigenvalue weighted by Gasteiger charge is -2.45. The Labute approximate surface area is 68.1 Å². The Morgan fingerprint density at radius 3 is 2.27 bits per heavy atom. The van der Waals surface area contributed by atoms with Crippen molar-refractivity contribution in [1.82, 2.24) is 5.32 Å². The quantitative estimate of drug-likeness (QED) is 0.609. The van der Waals surface area contributed by atoms with Crippen molar-refractivity contribution in [2.75, 3.05) is 27.8 Å². The smallest absolute Gasteiger partial charge is 0.168 e. The molecule has 1 rings (SSSR count). The van der Waals surface area contributed by atoms with Crippen LogP contribution in [0.2, 0.25) is 0 Å². The van der Waals surface area contributed by atoms with Crippen LogP contribution in [0, 0.1) is 5.92 Å². The van der Waals surface area contributed by atoms with Crippen LogP contribution >= 0.6 is 0 Å². The van der Waals surface area contributed by atoms with Gasteiger partial charge in [-0.05, 0) is 19.5 Å². The molecule has 1 aliphatic rings. The molecule has 0 bridgehead atoms. The summed E-state index contributed by atoms with van der Waals surface area (Å²) >= 11 is 0. The van der Waals surface area contributed by atoms with Gasteiger partial charge in [-0.2, -0.15) is 0 Å². The van der Waals surface area contributed by atoms with Gasteiger partial charge in [-0.3, -0.25) is 0 Å². The van der Waals surface area contributed by atoms with Crippen LogP contribution in [0.25, 0.3) is 0 Å². The van der Waals surface area contributed by atoms with Gasteiger partial charge in [0.15, 0.2) is 5.79 Å². The van der Waals surface area contributed by atoms with Crippen molar-refractivity contribution < 1.29 is 9.47 Å². The van der Waals surface area contributed by atoms with E-state index in [4.69, 9.17) is 9.47 Å². The average molecular weight is 159 g/mol. The molecule has 0 heterocycles. The van der Waals surface area contributed by atoms with Crippen molar-refractivity contribution >= 4 is 0 Å². The zero-order chi connectivity index (χ0) is 8.32. The summed E-state index contributed by atoms with van der Waals surface area (Å²) in [6.45, 7) is 1.06. The van der Waals surface area contributed by atoms with E-state index in [1.165, 1.54) is 0 Å². The van der Waals surface area contributed by atoms with E-state index in [1.54, 1.807) is 14.2 Å². The maximum atomic E-state index is 5.25. The first-order chi connectivity index (χ1) is 5.26. The summed E-state index contributed by atoms with van der Waals surface area (Å²) in [6.07, 6.45) is 2.03.